The van der Waals surface area contributed by atoms with Crippen molar-refractivity contribution >= 4 is 27.6 Å². The highest BCUT2D eigenvalue weighted by molar-refractivity contribution is 7.18. The highest BCUT2D eigenvalue weighted by atomic mass is 32.1. The third-order valence-electron chi connectivity index (χ3n) is 4.80. The van der Waals surface area contributed by atoms with Crippen LogP contribution in [0.15, 0.2) is 18.2 Å². The Kier molecular flexibility index (Phi) is 6.65. The molecular weight excluding hydrogens is 390 g/mol. The molecule has 0 bridgehead atoms. The van der Waals surface area contributed by atoms with E-state index in [1.54, 1.807) is 16.2 Å². The van der Waals surface area contributed by atoms with Crippen LogP contribution in [0.2, 0.25) is 0 Å². The molecular formula is C21H31N3O4S. The zero-order valence-corrected chi connectivity index (χ0v) is 18.7. The highest BCUT2D eigenvalue weighted by Gasteiger charge is 2.28. The van der Waals surface area contributed by atoms with Crippen LogP contribution in [0.3, 0.4) is 0 Å². The number of fused-ring (bicyclic) bond motifs is 1. The molecule has 0 saturated carbocycles. The van der Waals surface area contributed by atoms with E-state index in [0.29, 0.717) is 38.5 Å². The smallest absolute Gasteiger partial charge is 0.410 e. The number of piperazine rings is 1. The number of nitrogens with zero attached hydrogens (tertiary/aromatic N) is 3. The van der Waals surface area contributed by atoms with Crippen molar-refractivity contribution in [2.24, 2.45) is 0 Å². The molecule has 1 aromatic heterocycles. The van der Waals surface area contributed by atoms with Crippen LogP contribution in [0.25, 0.3) is 10.2 Å². The van der Waals surface area contributed by atoms with E-state index >= 15 is 0 Å². The van der Waals surface area contributed by atoms with Crippen molar-refractivity contribution in [2.75, 3.05) is 32.7 Å². The number of aryl methyl sites for hydroxylation is 1. The summed E-state index contributed by atoms with van der Waals surface area (Å²) in [5, 5.41) is 11.6. The zero-order chi connectivity index (χ0) is 21.2. The second kappa shape index (κ2) is 8.85. The van der Waals surface area contributed by atoms with Gasteiger partial charge in [0, 0.05) is 38.8 Å². The summed E-state index contributed by atoms with van der Waals surface area (Å²) >= 11 is 1.65. The summed E-state index contributed by atoms with van der Waals surface area (Å²) in [5.41, 5.74) is 0.433. The average molecular weight is 422 g/mol. The molecule has 1 saturated heterocycles. The van der Waals surface area contributed by atoms with Crippen molar-refractivity contribution in [1.29, 1.82) is 0 Å². The van der Waals surface area contributed by atoms with Gasteiger partial charge in [0.25, 0.3) is 0 Å². The van der Waals surface area contributed by atoms with E-state index in [-0.39, 0.29) is 12.2 Å². The molecule has 0 aliphatic carbocycles. The predicted octanol–water partition coefficient (Wildman–Crippen LogP) is 3.29. The number of carbonyl (C=O) groups excluding carboxylic acids is 1. The molecule has 160 valence electrons. The van der Waals surface area contributed by atoms with E-state index in [0.717, 1.165) is 15.2 Å². The first-order valence-corrected chi connectivity index (χ1v) is 10.8. The molecule has 1 N–H and O–H groups in total. The summed E-state index contributed by atoms with van der Waals surface area (Å²) in [5.74, 6) is 0.712. The Hall–Kier alpha value is -1.90. The van der Waals surface area contributed by atoms with E-state index in [1.807, 2.05) is 52.8 Å². The molecule has 0 spiro atoms. The zero-order valence-electron chi connectivity index (χ0n) is 17.8. The minimum Gasteiger partial charge on any atom is -0.488 e. The lowest BCUT2D eigenvalue weighted by atomic mass is 10.2. The fourth-order valence-electron chi connectivity index (χ4n) is 3.24. The quantitative estimate of drug-likeness (QED) is 0.799. The molecule has 2 atom stereocenters. The van der Waals surface area contributed by atoms with E-state index in [1.165, 1.54) is 0 Å². The fourth-order valence-corrected chi connectivity index (χ4v) is 4.05. The molecule has 0 radical (unpaired) electrons. The molecule has 1 aliphatic heterocycles. The second-order valence-electron chi connectivity index (χ2n) is 8.52. The van der Waals surface area contributed by atoms with Gasteiger partial charge < -0.3 is 19.5 Å². The van der Waals surface area contributed by atoms with Crippen molar-refractivity contribution < 1.29 is 19.4 Å². The highest BCUT2D eigenvalue weighted by Crippen LogP contribution is 2.26. The molecule has 2 heterocycles. The Bertz CT molecular complexity index is 840. The Morgan fingerprint density at radius 2 is 1.97 bits per heavy atom. The van der Waals surface area contributed by atoms with Gasteiger partial charge in [-0.2, -0.15) is 0 Å². The molecule has 7 nitrogen and oxygen atoms in total. The molecule has 29 heavy (non-hydrogen) atoms. The van der Waals surface area contributed by atoms with Gasteiger partial charge in [0.15, 0.2) is 0 Å². The fraction of sp³-hybridized carbons (Fsp3) is 0.619. The van der Waals surface area contributed by atoms with Crippen LogP contribution >= 0.6 is 11.3 Å². The summed E-state index contributed by atoms with van der Waals surface area (Å²) in [4.78, 5) is 20.5. The maximum Gasteiger partial charge on any atom is 0.410 e. The van der Waals surface area contributed by atoms with Crippen molar-refractivity contribution in [1.82, 2.24) is 14.8 Å². The number of hydrogen-bond acceptors (Lipinski definition) is 7. The van der Waals surface area contributed by atoms with Crippen LogP contribution in [0.1, 0.15) is 32.7 Å². The van der Waals surface area contributed by atoms with Gasteiger partial charge in [-0.05, 0) is 46.8 Å². The maximum absolute atomic E-state index is 12.2. The summed E-state index contributed by atoms with van der Waals surface area (Å²) in [7, 11) is 0. The number of ether oxygens (including phenoxy) is 2. The van der Waals surface area contributed by atoms with E-state index in [4.69, 9.17) is 9.47 Å². The SMILES string of the molecule is Cc1nc2cc(OC(C)C(O)CN3CCN(C(=O)OC(C)(C)C)CC3)ccc2s1. The number of amides is 1. The van der Waals surface area contributed by atoms with E-state index in [2.05, 4.69) is 9.88 Å². The summed E-state index contributed by atoms with van der Waals surface area (Å²) in [6.07, 6.45) is -1.26. The molecule has 1 aliphatic rings. The summed E-state index contributed by atoms with van der Waals surface area (Å²) < 4.78 is 12.5. The van der Waals surface area contributed by atoms with Gasteiger partial charge in [0.1, 0.15) is 23.6 Å². The Balaban J connectivity index is 1.47. The van der Waals surface area contributed by atoms with Gasteiger partial charge >= 0.3 is 6.09 Å². The normalized spacial score (nSPS) is 17.9. The van der Waals surface area contributed by atoms with E-state index in [9.17, 15) is 9.90 Å². The Morgan fingerprint density at radius 1 is 1.28 bits per heavy atom. The largest absolute Gasteiger partial charge is 0.488 e. The minimum atomic E-state index is -0.629. The predicted molar refractivity (Wildman–Crippen MR) is 115 cm³/mol. The van der Waals surface area contributed by atoms with Crippen LogP contribution in [-0.4, -0.2) is 76.5 Å². The average Bonchev–Trinajstić information content (AvgIpc) is 3.00. The van der Waals surface area contributed by atoms with Crippen LogP contribution in [0.5, 0.6) is 5.75 Å². The van der Waals surface area contributed by atoms with Crippen molar-refractivity contribution in [2.45, 2.75) is 52.4 Å². The van der Waals surface area contributed by atoms with E-state index < -0.39 is 11.7 Å². The lowest BCUT2D eigenvalue weighted by Gasteiger charge is -2.37. The third kappa shape index (κ3) is 6.04. The monoisotopic (exact) mass is 421 g/mol. The number of hydrogen-bond donors (Lipinski definition) is 1. The number of thiazole rings is 1. The number of β-amino-alcohol motifs (C(OH)–C–C–N with tert-alkyl or cyclic N) is 1. The lowest BCUT2D eigenvalue weighted by Crippen LogP contribution is -2.52. The minimum absolute atomic E-state index is 0.276. The Labute approximate surface area is 176 Å². The summed E-state index contributed by atoms with van der Waals surface area (Å²) in [6.45, 7) is 12.6. The van der Waals surface area contributed by atoms with Crippen LogP contribution in [0.4, 0.5) is 4.79 Å². The number of rotatable bonds is 5. The standard InChI is InChI=1S/C21H31N3O4S/c1-14(27-16-6-7-19-17(12-16)22-15(2)29-19)18(25)13-23-8-10-24(11-9-23)20(26)28-21(3,4)5/h6-7,12,14,18,25H,8-11,13H2,1-5H3. The van der Waals surface area contributed by atoms with Crippen LogP contribution in [0, 0.1) is 6.92 Å². The van der Waals surface area contributed by atoms with Gasteiger partial charge in [0.2, 0.25) is 0 Å². The number of aliphatic hydroxyl groups excluding tert-OH is 1. The Morgan fingerprint density at radius 3 is 2.62 bits per heavy atom. The second-order valence-corrected chi connectivity index (χ2v) is 9.76. The van der Waals surface area contributed by atoms with Gasteiger partial charge in [-0.1, -0.05) is 0 Å². The van der Waals surface area contributed by atoms with Crippen molar-refractivity contribution in [3.63, 3.8) is 0 Å². The molecule has 8 heteroatoms. The molecule has 1 aromatic carbocycles. The first-order valence-electron chi connectivity index (χ1n) is 10.0. The van der Waals surface area contributed by atoms with Crippen molar-refractivity contribution in [3.8, 4) is 5.75 Å². The number of aromatic nitrogens is 1. The number of benzene rings is 1. The molecule has 1 fully saturated rings. The topological polar surface area (TPSA) is 75.1 Å². The molecule has 2 aromatic rings. The summed E-state index contributed by atoms with van der Waals surface area (Å²) in [6, 6.07) is 5.84. The van der Waals surface area contributed by atoms with Crippen molar-refractivity contribution in [3.05, 3.63) is 23.2 Å². The van der Waals surface area contributed by atoms with Crippen LogP contribution in [-0.2, 0) is 4.74 Å². The number of carbonyl (C=O) groups is 1. The van der Waals surface area contributed by atoms with Gasteiger partial charge in [0.05, 0.1) is 15.2 Å². The van der Waals surface area contributed by atoms with Gasteiger partial charge in [-0.25, -0.2) is 9.78 Å². The molecule has 3 rings (SSSR count). The maximum atomic E-state index is 12.2. The van der Waals surface area contributed by atoms with Gasteiger partial charge in [-0.3, -0.25) is 4.90 Å². The first kappa shape index (κ1) is 21.8. The first-order chi connectivity index (χ1) is 13.6. The number of aliphatic hydroxyl groups is 1. The van der Waals surface area contributed by atoms with Crippen LogP contribution < -0.4 is 4.74 Å². The lowest BCUT2D eigenvalue weighted by molar-refractivity contribution is -0.00424. The molecule has 2 unspecified atom stereocenters. The third-order valence-corrected chi connectivity index (χ3v) is 5.75. The molecule has 1 amide bonds. The van der Waals surface area contributed by atoms with Gasteiger partial charge in [-0.15, -0.1) is 11.3 Å².